The number of rotatable bonds is 6. The summed E-state index contributed by atoms with van der Waals surface area (Å²) in [5.41, 5.74) is 0. The quantitative estimate of drug-likeness (QED) is 0.744. The standard InChI is InChI=1S/C15H29N3O3/c1-20-12-11-17-7-2-8-18(10-9-17)15(19)13-21-14-3-5-16-6-4-14/h14,16H,2-13H2,1H3. The molecule has 2 rings (SSSR count). The van der Waals surface area contributed by atoms with Crippen LogP contribution in [0.1, 0.15) is 19.3 Å². The lowest BCUT2D eigenvalue weighted by molar-refractivity contribution is -0.138. The van der Waals surface area contributed by atoms with Gasteiger partial charge in [-0.05, 0) is 38.9 Å². The molecule has 1 N–H and O–H groups in total. The minimum atomic E-state index is 0.141. The van der Waals surface area contributed by atoms with Gasteiger partial charge in [0.25, 0.3) is 0 Å². The number of nitrogens with one attached hydrogen (secondary N) is 1. The number of ether oxygens (including phenoxy) is 2. The number of hydrogen-bond donors (Lipinski definition) is 1. The van der Waals surface area contributed by atoms with Crippen LogP contribution in [-0.4, -0.2) is 87.9 Å². The summed E-state index contributed by atoms with van der Waals surface area (Å²) in [5, 5.41) is 3.30. The smallest absolute Gasteiger partial charge is 0.248 e. The van der Waals surface area contributed by atoms with Crippen LogP contribution in [0.4, 0.5) is 0 Å². The van der Waals surface area contributed by atoms with Gasteiger partial charge in [0.15, 0.2) is 0 Å². The highest BCUT2D eigenvalue weighted by molar-refractivity contribution is 5.77. The van der Waals surface area contributed by atoms with Crippen molar-refractivity contribution in [3.8, 4) is 0 Å². The van der Waals surface area contributed by atoms with Crippen molar-refractivity contribution in [1.29, 1.82) is 0 Å². The zero-order valence-electron chi connectivity index (χ0n) is 13.2. The number of carbonyl (C=O) groups excluding carboxylic acids is 1. The first kappa shape index (κ1) is 16.7. The molecule has 0 bridgehead atoms. The minimum absolute atomic E-state index is 0.141. The van der Waals surface area contributed by atoms with Crippen LogP contribution in [0.25, 0.3) is 0 Å². The fourth-order valence-corrected chi connectivity index (χ4v) is 2.91. The lowest BCUT2D eigenvalue weighted by Crippen LogP contribution is -2.40. The summed E-state index contributed by atoms with van der Waals surface area (Å²) in [6.07, 6.45) is 3.30. The molecule has 6 heteroatoms. The van der Waals surface area contributed by atoms with E-state index in [0.29, 0.717) is 0 Å². The molecule has 0 spiro atoms. The van der Waals surface area contributed by atoms with Gasteiger partial charge in [-0.3, -0.25) is 9.69 Å². The van der Waals surface area contributed by atoms with E-state index in [9.17, 15) is 4.79 Å². The van der Waals surface area contributed by atoms with Crippen LogP contribution in [0.15, 0.2) is 0 Å². The van der Waals surface area contributed by atoms with E-state index in [1.54, 1.807) is 7.11 Å². The zero-order chi connectivity index (χ0) is 14.9. The highest BCUT2D eigenvalue weighted by Crippen LogP contribution is 2.08. The predicted octanol–water partition coefficient (Wildman–Crippen LogP) is -0.0643. The molecule has 6 nitrogen and oxygen atoms in total. The number of nitrogens with zero attached hydrogens (tertiary/aromatic N) is 2. The third-order valence-electron chi connectivity index (χ3n) is 4.28. The minimum Gasteiger partial charge on any atom is -0.383 e. The van der Waals surface area contributed by atoms with Crippen molar-refractivity contribution in [2.75, 3.05) is 66.1 Å². The van der Waals surface area contributed by atoms with Crippen LogP contribution in [0.3, 0.4) is 0 Å². The summed E-state index contributed by atoms with van der Waals surface area (Å²) in [7, 11) is 1.73. The van der Waals surface area contributed by atoms with E-state index in [-0.39, 0.29) is 18.6 Å². The third-order valence-corrected chi connectivity index (χ3v) is 4.28. The molecule has 2 fully saturated rings. The van der Waals surface area contributed by atoms with Crippen molar-refractivity contribution in [3.05, 3.63) is 0 Å². The van der Waals surface area contributed by atoms with Gasteiger partial charge in [0, 0.05) is 33.3 Å². The lowest BCUT2D eigenvalue weighted by Gasteiger charge is -2.25. The van der Waals surface area contributed by atoms with Crippen LogP contribution >= 0.6 is 0 Å². The molecule has 2 heterocycles. The first-order valence-electron chi connectivity index (χ1n) is 8.11. The van der Waals surface area contributed by atoms with E-state index in [2.05, 4.69) is 10.2 Å². The Kier molecular flexibility index (Phi) is 7.43. The summed E-state index contributed by atoms with van der Waals surface area (Å²) >= 11 is 0. The van der Waals surface area contributed by atoms with Gasteiger partial charge in [0.1, 0.15) is 6.61 Å². The van der Waals surface area contributed by atoms with Gasteiger partial charge in [-0.25, -0.2) is 0 Å². The second-order valence-corrected chi connectivity index (χ2v) is 5.83. The topological polar surface area (TPSA) is 54.0 Å². The Labute approximate surface area is 127 Å². The first-order valence-corrected chi connectivity index (χ1v) is 8.11. The van der Waals surface area contributed by atoms with E-state index >= 15 is 0 Å². The van der Waals surface area contributed by atoms with Crippen LogP contribution in [0.2, 0.25) is 0 Å². The Hall–Kier alpha value is -0.690. The molecule has 2 aliphatic heterocycles. The molecule has 0 radical (unpaired) electrons. The van der Waals surface area contributed by atoms with Crippen LogP contribution in [0.5, 0.6) is 0 Å². The van der Waals surface area contributed by atoms with Crippen molar-refractivity contribution in [3.63, 3.8) is 0 Å². The molecular weight excluding hydrogens is 270 g/mol. The molecule has 1 amide bonds. The van der Waals surface area contributed by atoms with Gasteiger partial charge < -0.3 is 19.7 Å². The Morgan fingerprint density at radius 1 is 1.19 bits per heavy atom. The molecule has 0 atom stereocenters. The van der Waals surface area contributed by atoms with Crippen molar-refractivity contribution in [2.45, 2.75) is 25.4 Å². The molecule has 2 saturated heterocycles. The maximum absolute atomic E-state index is 12.3. The molecule has 0 aromatic rings. The molecule has 0 aromatic heterocycles. The SMILES string of the molecule is COCCN1CCCN(C(=O)COC2CCNCC2)CC1. The van der Waals surface area contributed by atoms with Crippen LogP contribution < -0.4 is 5.32 Å². The largest absolute Gasteiger partial charge is 0.383 e. The van der Waals surface area contributed by atoms with Gasteiger partial charge in [0.2, 0.25) is 5.91 Å². The Morgan fingerprint density at radius 3 is 2.76 bits per heavy atom. The average molecular weight is 299 g/mol. The van der Waals surface area contributed by atoms with Gasteiger partial charge in [-0.2, -0.15) is 0 Å². The van der Waals surface area contributed by atoms with Crippen LogP contribution in [-0.2, 0) is 14.3 Å². The molecule has 0 saturated carbocycles. The molecule has 0 aromatic carbocycles. The molecule has 0 aliphatic carbocycles. The van der Waals surface area contributed by atoms with E-state index in [1.807, 2.05) is 4.90 Å². The molecular formula is C15H29N3O3. The molecule has 122 valence electrons. The number of piperidine rings is 1. The van der Waals surface area contributed by atoms with E-state index < -0.39 is 0 Å². The number of hydrogen-bond acceptors (Lipinski definition) is 5. The summed E-state index contributed by atoms with van der Waals surface area (Å²) in [6.45, 7) is 7.56. The maximum Gasteiger partial charge on any atom is 0.248 e. The summed E-state index contributed by atoms with van der Waals surface area (Å²) in [4.78, 5) is 16.6. The zero-order valence-corrected chi connectivity index (χ0v) is 13.2. The fourth-order valence-electron chi connectivity index (χ4n) is 2.91. The summed E-state index contributed by atoms with van der Waals surface area (Å²) in [5.74, 6) is 0.141. The van der Waals surface area contributed by atoms with Crippen molar-refractivity contribution in [2.24, 2.45) is 0 Å². The van der Waals surface area contributed by atoms with Gasteiger partial charge >= 0.3 is 0 Å². The second-order valence-electron chi connectivity index (χ2n) is 5.83. The van der Waals surface area contributed by atoms with Gasteiger partial charge in [-0.15, -0.1) is 0 Å². The van der Waals surface area contributed by atoms with Gasteiger partial charge in [-0.1, -0.05) is 0 Å². The monoisotopic (exact) mass is 299 g/mol. The van der Waals surface area contributed by atoms with Gasteiger partial charge in [0.05, 0.1) is 12.7 Å². The van der Waals surface area contributed by atoms with Crippen molar-refractivity contribution < 1.29 is 14.3 Å². The van der Waals surface area contributed by atoms with Crippen molar-refractivity contribution in [1.82, 2.24) is 15.1 Å². The van der Waals surface area contributed by atoms with E-state index in [1.165, 1.54) is 0 Å². The average Bonchev–Trinajstić information content (AvgIpc) is 2.77. The summed E-state index contributed by atoms with van der Waals surface area (Å²) < 4.78 is 10.9. The Morgan fingerprint density at radius 2 is 2.00 bits per heavy atom. The highest BCUT2D eigenvalue weighted by atomic mass is 16.5. The predicted molar refractivity (Wildman–Crippen MR) is 81.4 cm³/mol. The van der Waals surface area contributed by atoms with Crippen molar-refractivity contribution >= 4 is 5.91 Å². The Balaban J connectivity index is 1.67. The number of methoxy groups -OCH3 is 1. The summed E-state index contributed by atoms with van der Waals surface area (Å²) in [6, 6.07) is 0. The third kappa shape index (κ3) is 5.90. The van der Waals surface area contributed by atoms with E-state index in [4.69, 9.17) is 9.47 Å². The van der Waals surface area contributed by atoms with E-state index in [0.717, 1.165) is 71.7 Å². The maximum atomic E-state index is 12.3. The highest BCUT2D eigenvalue weighted by Gasteiger charge is 2.21. The molecule has 0 unspecified atom stereocenters. The first-order chi connectivity index (χ1) is 10.3. The Bertz CT molecular complexity index is 309. The second kappa shape index (κ2) is 9.35. The normalized spacial score (nSPS) is 22.2. The van der Waals surface area contributed by atoms with Crippen LogP contribution in [0, 0.1) is 0 Å². The lowest BCUT2D eigenvalue weighted by atomic mass is 10.1. The fraction of sp³-hybridized carbons (Fsp3) is 0.933. The number of carbonyl (C=O) groups is 1. The molecule has 21 heavy (non-hydrogen) atoms. The molecule has 2 aliphatic rings. The number of amides is 1.